The van der Waals surface area contributed by atoms with E-state index in [4.69, 9.17) is 4.74 Å². The Balaban J connectivity index is 2.92. The molecule has 0 saturated heterocycles. The molecule has 0 aliphatic carbocycles. The largest absolute Gasteiger partial charge is 0.377 e. The number of hydrogen-bond acceptors (Lipinski definition) is 3. The van der Waals surface area contributed by atoms with Gasteiger partial charge in [-0.25, -0.2) is 0 Å². The summed E-state index contributed by atoms with van der Waals surface area (Å²) in [5.74, 6) is 0. The van der Waals surface area contributed by atoms with Crippen molar-refractivity contribution in [2.45, 2.75) is 46.3 Å². The first-order valence-electron chi connectivity index (χ1n) is 5.68. The van der Waals surface area contributed by atoms with Crippen molar-refractivity contribution < 1.29 is 4.74 Å². The van der Waals surface area contributed by atoms with E-state index in [1.165, 1.54) is 6.42 Å². The Kier molecular flexibility index (Phi) is 9.35. The van der Waals surface area contributed by atoms with E-state index in [1.54, 1.807) is 0 Å². The third-order valence-corrected chi connectivity index (χ3v) is 1.81. The van der Waals surface area contributed by atoms with Crippen molar-refractivity contribution in [3.8, 4) is 0 Å². The summed E-state index contributed by atoms with van der Waals surface area (Å²) in [7, 11) is 0. The molecule has 3 nitrogen and oxygen atoms in total. The molecule has 0 fully saturated rings. The molecular weight excluding hydrogens is 176 g/mol. The molecule has 0 aliphatic heterocycles. The van der Waals surface area contributed by atoms with Crippen LogP contribution in [0.4, 0.5) is 0 Å². The minimum atomic E-state index is 0.347. The maximum absolute atomic E-state index is 5.41. The molecule has 0 radical (unpaired) electrons. The van der Waals surface area contributed by atoms with Gasteiger partial charge in [-0.15, -0.1) is 0 Å². The Morgan fingerprint density at radius 2 is 1.71 bits per heavy atom. The minimum absolute atomic E-state index is 0.347. The molecule has 0 rings (SSSR count). The highest BCUT2D eigenvalue weighted by atomic mass is 16.5. The van der Waals surface area contributed by atoms with Gasteiger partial charge in [0.15, 0.2) is 0 Å². The summed E-state index contributed by atoms with van der Waals surface area (Å²) in [6, 6.07) is 0.597. The third kappa shape index (κ3) is 11.9. The molecule has 14 heavy (non-hydrogen) atoms. The molecule has 86 valence electrons. The SMILES string of the molecule is CC(C)NCCCNCCOC(C)C. The fourth-order valence-electron chi connectivity index (χ4n) is 1.10. The Bertz CT molecular complexity index is 102. The van der Waals surface area contributed by atoms with Gasteiger partial charge in [0.25, 0.3) is 0 Å². The van der Waals surface area contributed by atoms with Crippen LogP contribution in [0.15, 0.2) is 0 Å². The number of nitrogens with one attached hydrogen (secondary N) is 2. The third-order valence-electron chi connectivity index (χ3n) is 1.81. The normalized spacial score (nSPS) is 11.6. The lowest BCUT2D eigenvalue weighted by Crippen LogP contribution is -2.28. The van der Waals surface area contributed by atoms with E-state index in [9.17, 15) is 0 Å². The molecule has 3 heteroatoms. The molecular formula is C11H26N2O. The van der Waals surface area contributed by atoms with Crippen molar-refractivity contribution in [3.63, 3.8) is 0 Å². The maximum atomic E-state index is 5.41. The van der Waals surface area contributed by atoms with Crippen LogP contribution in [-0.2, 0) is 4.74 Å². The second kappa shape index (κ2) is 9.44. The van der Waals surface area contributed by atoms with Crippen LogP contribution in [0.3, 0.4) is 0 Å². The van der Waals surface area contributed by atoms with E-state index in [-0.39, 0.29) is 0 Å². The highest BCUT2D eigenvalue weighted by molar-refractivity contribution is 4.54. The molecule has 0 unspecified atom stereocenters. The monoisotopic (exact) mass is 202 g/mol. The molecule has 0 saturated carbocycles. The van der Waals surface area contributed by atoms with Crippen molar-refractivity contribution in [1.82, 2.24) is 10.6 Å². The topological polar surface area (TPSA) is 33.3 Å². The number of hydrogen-bond donors (Lipinski definition) is 2. The second-order valence-corrected chi connectivity index (χ2v) is 4.13. The van der Waals surface area contributed by atoms with Crippen LogP contribution in [-0.4, -0.2) is 38.4 Å². The van der Waals surface area contributed by atoms with E-state index in [0.717, 1.165) is 26.2 Å². The van der Waals surface area contributed by atoms with Crippen molar-refractivity contribution in [2.75, 3.05) is 26.2 Å². The Labute approximate surface area is 88.6 Å². The number of rotatable bonds is 9. The maximum Gasteiger partial charge on any atom is 0.0594 e. The van der Waals surface area contributed by atoms with Crippen LogP contribution in [0.1, 0.15) is 34.1 Å². The van der Waals surface area contributed by atoms with Crippen molar-refractivity contribution >= 4 is 0 Å². The molecule has 0 aromatic heterocycles. The Morgan fingerprint density at radius 3 is 2.29 bits per heavy atom. The van der Waals surface area contributed by atoms with E-state index in [1.807, 2.05) is 0 Å². The summed E-state index contributed by atoms with van der Waals surface area (Å²) in [4.78, 5) is 0. The van der Waals surface area contributed by atoms with E-state index < -0.39 is 0 Å². The van der Waals surface area contributed by atoms with Crippen molar-refractivity contribution in [1.29, 1.82) is 0 Å². The Hall–Kier alpha value is -0.120. The second-order valence-electron chi connectivity index (χ2n) is 4.13. The highest BCUT2D eigenvalue weighted by Crippen LogP contribution is 1.85. The Morgan fingerprint density at radius 1 is 1.00 bits per heavy atom. The van der Waals surface area contributed by atoms with Gasteiger partial charge in [-0.05, 0) is 33.4 Å². The first kappa shape index (κ1) is 13.9. The zero-order valence-electron chi connectivity index (χ0n) is 10.1. The molecule has 0 bridgehead atoms. The quantitative estimate of drug-likeness (QED) is 0.554. The summed E-state index contributed by atoms with van der Waals surface area (Å²) in [6.07, 6.45) is 1.53. The zero-order chi connectivity index (χ0) is 10.8. The van der Waals surface area contributed by atoms with Crippen LogP contribution in [0.5, 0.6) is 0 Å². The van der Waals surface area contributed by atoms with Crippen LogP contribution >= 0.6 is 0 Å². The smallest absolute Gasteiger partial charge is 0.0594 e. The van der Waals surface area contributed by atoms with E-state index in [0.29, 0.717) is 12.1 Å². The summed E-state index contributed by atoms with van der Waals surface area (Å²) < 4.78 is 5.41. The molecule has 0 amide bonds. The predicted molar refractivity (Wildman–Crippen MR) is 61.7 cm³/mol. The van der Waals surface area contributed by atoms with Crippen LogP contribution in [0.25, 0.3) is 0 Å². The van der Waals surface area contributed by atoms with Crippen LogP contribution in [0.2, 0.25) is 0 Å². The van der Waals surface area contributed by atoms with Crippen LogP contribution < -0.4 is 10.6 Å². The van der Waals surface area contributed by atoms with Gasteiger partial charge < -0.3 is 15.4 Å². The van der Waals surface area contributed by atoms with Gasteiger partial charge in [0.1, 0.15) is 0 Å². The lowest BCUT2D eigenvalue weighted by molar-refractivity contribution is 0.0809. The van der Waals surface area contributed by atoms with E-state index >= 15 is 0 Å². The van der Waals surface area contributed by atoms with Gasteiger partial charge in [-0.3, -0.25) is 0 Å². The molecule has 0 aromatic carbocycles. The lowest BCUT2D eigenvalue weighted by atomic mass is 10.3. The molecule has 0 aromatic rings. The first-order chi connectivity index (χ1) is 6.63. The average molecular weight is 202 g/mol. The average Bonchev–Trinajstić information content (AvgIpc) is 2.08. The molecule has 0 spiro atoms. The van der Waals surface area contributed by atoms with Gasteiger partial charge in [-0.1, -0.05) is 13.8 Å². The minimum Gasteiger partial charge on any atom is -0.377 e. The van der Waals surface area contributed by atoms with Gasteiger partial charge in [0.2, 0.25) is 0 Å². The summed E-state index contributed by atoms with van der Waals surface area (Å²) in [5.41, 5.74) is 0. The highest BCUT2D eigenvalue weighted by Gasteiger charge is 1.93. The van der Waals surface area contributed by atoms with Crippen molar-refractivity contribution in [3.05, 3.63) is 0 Å². The molecule has 0 atom stereocenters. The predicted octanol–water partition coefficient (Wildman–Crippen LogP) is 1.39. The lowest BCUT2D eigenvalue weighted by Gasteiger charge is -2.10. The van der Waals surface area contributed by atoms with Crippen LogP contribution in [0, 0.1) is 0 Å². The van der Waals surface area contributed by atoms with E-state index in [2.05, 4.69) is 38.3 Å². The van der Waals surface area contributed by atoms with Gasteiger partial charge in [-0.2, -0.15) is 0 Å². The van der Waals surface area contributed by atoms with Gasteiger partial charge in [0, 0.05) is 12.6 Å². The number of ether oxygens (including phenoxy) is 1. The zero-order valence-corrected chi connectivity index (χ0v) is 10.1. The summed E-state index contributed by atoms with van der Waals surface area (Å²) in [6.45, 7) is 12.4. The first-order valence-corrected chi connectivity index (χ1v) is 5.68. The van der Waals surface area contributed by atoms with Gasteiger partial charge >= 0.3 is 0 Å². The molecule has 0 aliphatic rings. The fourth-order valence-corrected chi connectivity index (χ4v) is 1.10. The summed E-state index contributed by atoms with van der Waals surface area (Å²) >= 11 is 0. The standard InChI is InChI=1S/C11H26N2O/c1-10(2)13-7-5-6-12-8-9-14-11(3)4/h10-13H,5-9H2,1-4H3. The summed E-state index contributed by atoms with van der Waals surface area (Å²) in [5, 5.41) is 6.73. The van der Waals surface area contributed by atoms with Crippen molar-refractivity contribution in [2.24, 2.45) is 0 Å². The molecule has 2 N–H and O–H groups in total. The fraction of sp³-hybridized carbons (Fsp3) is 1.00. The van der Waals surface area contributed by atoms with Gasteiger partial charge in [0.05, 0.1) is 12.7 Å². The molecule has 0 heterocycles.